The molecule has 8 heteroatoms. The van der Waals surface area contributed by atoms with Crippen LogP contribution in [0.25, 0.3) is 10.2 Å². The van der Waals surface area contributed by atoms with Gasteiger partial charge in [0.15, 0.2) is 0 Å². The molecule has 1 N–H and O–H groups in total. The van der Waals surface area contributed by atoms with Crippen LogP contribution in [0.2, 0.25) is 0 Å². The molecule has 0 aliphatic rings. The number of furan rings is 1. The molecule has 0 aliphatic heterocycles. The highest BCUT2D eigenvalue weighted by molar-refractivity contribution is 7.90. The molecule has 0 unspecified atom stereocenters. The molecule has 0 bridgehead atoms. The highest BCUT2D eigenvalue weighted by Gasteiger charge is 2.23. The minimum Gasteiger partial charge on any atom is -0.475 e. The smallest absolute Gasteiger partial charge is 0.371 e. The van der Waals surface area contributed by atoms with Crippen LogP contribution >= 0.6 is 11.3 Å². The molecule has 1 aromatic carbocycles. The van der Waals surface area contributed by atoms with E-state index < -0.39 is 21.6 Å². The minimum atomic E-state index is -3.76. The number of para-hydroxylation sites is 1. The van der Waals surface area contributed by atoms with Crippen molar-refractivity contribution in [2.24, 2.45) is 0 Å². The van der Waals surface area contributed by atoms with Crippen LogP contribution in [0.15, 0.2) is 45.9 Å². The van der Waals surface area contributed by atoms with E-state index in [9.17, 15) is 13.2 Å². The molecule has 2 heterocycles. The van der Waals surface area contributed by atoms with Crippen molar-refractivity contribution in [3.8, 4) is 0 Å². The van der Waals surface area contributed by atoms with Gasteiger partial charge >= 0.3 is 5.97 Å². The van der Waals surface area contributed by atoms with E-state index in [4.69, 9.17) is 9.52 Å². The SMILES string of the molecule is O=C(O)c1ccc(S(=O)(=O)Cc2nc3ccccc3s2)o1. The first kappa shape index (κ1) is 13.8. The molecular formula is C13H9NO5S2. The third-order valence-electron chi connectivity index (χ3n) is 2.75. The summed E-state index contributed by atoms with van der Waals surface area (Å²) in [4.78, 5) is 15.0. The normalized spacial score (nSPS) is 11.8. The summed E-state index contributed by atoms with van der Waals surface area (Å²) in [6.07, 6.45) is 0. The maximum atomic E-state index is 12.2. The van der Waals surface area contributed by atoms with E-state index in [-0.39, 0.29) is 10.8 Å². The average Bonchev–Trinajstić information content (AvgIpc) is 3.04. The molecule has 2 aromatic heterocycles. The van der Waals surface area contributed by atoms with Gasteiger partial charge in [-0.1, -0.05) is 12.1 Å². The zero-order chi connectivity index (χ0) is 15.0. The third-order valence-corrected chi connectivity index (χ3v) is 5.46. The van der Waals surface area contributed by atoms with Gasteiger partial charge in [0.2, 0.25) is 20.7 Å². The molecule has 21 heavy (non-hydrogen) atoms. The second-order valence-corrected chi connectivity index (χ2v) is 7.29. The molecular weight excluding hydrogens is 314 g/mol. The first-order valence-electron chi connectivity index (χ1n) is 5.86. The number of carbonyl (C=O) groups is 1. The summed E-state index contributed by atoms with van der Waals surface area (Å²) in [5.74, 6) is -2.03. The van der Waals surface area contributed by atoms with Crippen molar-refractivity contribution >= 4 is 37.4 Å². The number of thiazole rings is 1. The Morgan fingerprint density at radius 3 is 2.67 bits per heavy atom. The quantitative estimate of drug-likeness (QED) is 0.792. The molecule has 0 saturated carbocycles. The Morgan fingerprint density at radius 2 is 2.00 bits per heavy atom. The number of aromatic carboxylic acids is 1. The lowest BCUT2D eigenvalue weighted by molar-refractivity contribution is 0.0656. The third kappa shape index (κ3) is 2.67. The maximum Gasteiger partial charge on any atom is 0.371 e. The van der Waals surface area contributed by atoms with Crippen LogP contribution in [-0.2, 0) is 15.6 Å². The second-order valence-electron chi connectivity index (χ2n) is 4.26. The van der Waals surface area contributed by atoms with E-state index in [1.54, 1.807) is 6.07 Å². The number of hydrogen-bond donors (Lipinski definition) is 1. The van der Waals surface area contributed by atoms with E-state index in [1.165, 1.54) is 11.3 Å². The highest BCUT2D eigenvalue weighted by atomic mass is 32.2. The highest BCUT2D eigenvalue weighted by Crippen LogP contribution is 2.26. The molecule has 0 atom stereocenters. The maximum absolute atomic E-state index is 12.2. The number of nitrogens with zero attached hydrogens (tertiary/aromatic N) is 1. The van der Waals surface area contributed by atoms with E-state index in [2.05, 4.69) is 4.98 Å². The lowest BCUT2D eigenvalue weighted by Crippen LogP contribution is -2.03. The Hall–Kier alpha value is -2.19. The van der Waals surface area contributed by atoms with Crippen LogP contribution in [0.5, 0.6) is 0 Å². The van der Waals surface area contributed by atoms with Crippen LogP contribution < -0.4 is 0 Å². The van der Waals surface area contributed by atoms with Crippen molar-refractivity contribution in [2.45, 2.75) is 10.8 Å². The Morgan fingerprint density at radius 1 is 1.24 bits per heavy atom. The van der Waals surface area contributed by atoms with E-state index in [0.29, 0.717) is 5.01 Å². The van der Waals surface area contributed by atoms with Crippen molar-refractivity contribution in [1.29, 1.82) is 0 Å². The van der Waals surface area contributed by atoms with E-state index in [0.717, 1.165) is 22.3 Å². The molecule has 0 fully saturated rings. The zero-order valence-electron chi connectivity index (χ0n) is 10.5. The van der Waals surface area contributed by atoms with Gasteiger partial charge in [0, 0.05) is 0 Å². The second kappa shape index (κ2) is 4.97. The monoisotopic (exact) mass is 323 g/mol. The summed E-state index contributed by atoms with van der Waals surface area (Å²) in [6, 6.07) is 9.60. The average molecular weight is 323 g/mol. The standard InChI is InChI=1S/C13H9NO5S2/c15-13(16)9-5-6-12(19-9)21(17,18)7-11-14-8-3-1-2-4-10(8)20-11/h1-6H,7H2,(H,15,16). The molecule has 108 valence electrons. The van der Waals surface area contributed by atoms with E-state index in [1.807, 2.05) is 18.2 Å². The van der Waals surface area contributed by atoms with Crippen LogP contribution in [-0.4, -0.2) is 24.5 Å². The number of benzene rings is 1. The molecule has 0 spiro atoms. The van der Waals surface area contributed by atoms with E-state index >= 15 is 0 Å². The fourth-order valence-corrected chi connectivity index (χ4v) is 4.31. The van der Waals surface area contributed by atoms with Gasteiger partial charge < -0.3 is 9.52 Å². The first-order chi connectivity index (χ1) is 9.95. The van der Waals surface area contributed by atoms with Gasteiger partial charge in [-0.25, -0.2) is 18.2 Å². The molecule has 0 amide bonds. The number of rotatable bonds is 4. The topological polar surface area (TPSA) is 97.5 Å². The summed E-state index contributed by atoms with van der Waals surface area (Å²) < 4.78 is 30.1. The van der Waals surface area contributed by atoms with Crippen molar-refractivity contribution in [1.82, 2.24) is 4.98 Å². The number of hydrogen-bond acceptors (Lipinski definition) is 6. The minimum absolute atomic E-state index is 0.321. The largest absolute Gasteiger partial charge is 0.475 e. The number of sulfone groups is 1. The van der Waals surface area contributed by atoms with Crippen LogP contribution in [0.1, 0.15) is 15.6 Å². The van der Waals surface area contributed by atoms with Gasteiger partial charge in [-0.2, -0.15) is 0 Å². The fourth-order valence-electron chi connectivity index (χ4n) is 1.82. The van der Waals surface area contributed by atoms with Gasteiger partial charge in [-0.05, 0) is 24.3 Å². The predicted molar refractivity (Wildman–Crippen MR) is 76.2 cm³/mol. The Kier molecular flexibility index (Phi) is 3.26. The van der Waals surface area contributed by atoms with Crippen molar-refractivity contribution in [3.63, 3.8) is 0 Å². The summed E-state index contributed by atoms with van der Waals surface area (Å²) in [7, 11) is -3.76. The molecule has 3 rings (SSSR count). The Balaban J connectivity index is 1.93. The molecule has 0 radical (unpaired) electrons. The number of aromatic nitrogens is 1. The Bertz CT molecular complexity index is 890. The summed E-state index contributed by atoms with van der Waals surface area (Å²) >= 11 is 1.28. The molecule has 3 aromatic rings. The van der Waals surface area contributed by atoms with Gasteiger partial charge in [-0.15, -0.1) is 11.3 Å². The van der Waals surface area contributed by atoms with Crippen LogP contribution in [0.4, 0.5) is 0 Å². The predicted octanol–water partition coefficient (Wildman–Crippen LogP) is 2.56. The van der Waals surface area contributed by atoms with Crippen molar-refractivity contribution in [2.75, 3.05) is 0 Å². The van der Waals surface area contributed by atoms with Crippen molar-refractivity contribution < 1.29 is 22.7 Å². The lowest BCUT2D eigenvalue weighted by atomic mass is 10.3. The van der Waals surface area contributed by atoms with Crippen molar-refractivity contribution in [3.05, 3.63) is 47.2 Å². The van der Waals surface area contributed by atoms with Crippen LogP contribution in [0, 0.1) is 0 Å². The summed E-state index contributed by atoms with van der Waals surface area (Å²) in [5, 5.41) is 8.82. The zero-order valence-corrected chi connectivity index (χ0v) is 12.1. The first-order valence-corrected chi connectivity index (χ1v) is 8.33. The van der Waals surface area contributed by atoms with Crippen LogP contribution in [0.3, 0.4) is 0 Å². The summed E-state index contributed by atoms with van der Waals surface area (Å²) in [5.41, 5.74) is 0.735. The number of carboxylic acid groups (broad SMARTS) is 1. The van der Waals surface area contributed by atoms with Gasteiger partial charge in [0.05, 0.1) is 10.2 Å². The molecule has 0 saturated heterocycles. The number of fused-ring (bicyclic) bond motifs is 1. The Labute approximate surface area is 123 Å². The van der Waals surface area contributed by atoms with Gasteiger partial charge in [-0.3, -0.25) is 0 Å². The molecule has 6 nitrogen and oxygen atoms in total. The lowest BCUT2D eigenvalue weighted by Gasteiger charge is -1.97. The van der Waals surface area contributed by atoms with Gasteiger partial charge in [0.25, 0.3) is 0 Å². The molecule has 0 aliphatic carbocycles. The fraction of sp³-hybridized carbons (Fsp3) is 0.0769. The number of carboxylic acids is 1. The summed E-state index contributed by atoms with van der Waals surface area (Å²) in [6.45, 7) is 0. The van der Waals surface area contributed by atoms with Gasteiger partial charge in [0.1, 0.15) is 10.8 Å².